The Kier molecular flexibility index (Phi) is 8.01. The van der Waals surface area contributed by atoms with Crippen LogP contribution in [0.25, 0.3) is 0 Å². The molecule has 2 aromatic rings. The number of benzene rings is 2. The summed E-state index contributed by atoms with van der Waals surface area (Å²) in [6.07, 6.45) is 0. The number of halogens is 1. The summed E-state index contributed by atoms with van der Waals surface area (Å²) in [7, 11) is 1.58. The molecular formula is C20H23ClN2O2S. The van der Waals surface area contributed by atoms with Gasteiger partial charge in [-0.05, 0) is 30.2 Å². The number of hydrogen-bond donors (Lipinski definition) is 1. The van der Waals surface area contributed by atoms with Crippen molar-refractivity contribution in [2.24, 2.45) is 0 Å². The number of amides is 2. The minimum absolute atomic E-state index is 0.0584. The zero-order valence-corrected chi connectivity index (χ0v) is 16.5. The number of carbonyl (C=O) groups excluding carboxylic acids is 2. The van der Waals surface area contributed by atoms with Crippen LogP contribution in [0.4, 0.5) is 0 Å². The Labute approximate surface area is 163 Å². The van der Waals surface area contributed by atoms with Crippen LogP contribution in [-0.4, -0.2) is 35.6 Å². The van der Waals surface area contributed by atoms with Gasteiger partial charge in [0.05, 0.1) is 5.75 Å². The van der Waals surface area contributed by atoms with Crippen LogP contribution in [0.5, 0.6) is 0 Å². The highest BCUT2D eigenvalue weighted by Gasteiger charge is 2.25. The first-order chi connectivity index (χ1) is 12.5. The number of thioether (sulfide) groups is 1. The Morgan fingerprint density at radius 3 is 2.35 bits per heavy atom. The molecule has 1 atom stereocenters. The topological polar surface area (TPSA) is 49.4 Å². The van der Waals surface area contributed by atoms with Crippen molar-refractivity contribution in [1.82, 2.24) is 10.2 Å². The molecule has 2 aromatic carbocycles. The highest BCUT2D eigenvalue weighted by molar-refractivity contribution is 7.99. The Morgan fingerprint density at radius 1 is 1.08 bits per heavy atom. The monoisotopic (exact) mass is 390 g/mol. The van der Waals surface area contributed by atoms with E-state index in [1.807, 2.05) is 42.5 Å². The van der Waals surface area contributed by atoms with Gasteiger partial charge in [0.15, 0.2) is 0 Å². The standard InChI is InChI=1S/C20H23ClN2O2S/c1-15(20(25)22-2)23(12-16-8-10-18(21)11-9-16)19(24)14-26-13-17-6-4-3-5-7-17/h3-11,15H,12-14H2,1-2H3,(H,22,25)/t15-/m1/s1. The molecule has 26 heavy (non-hydrogen) atoms. The van der Waals surface area contributed by atoms with Gasteiger partial charge >= 0.3 is 0 Å². The number of rotatable bonds is 8. The van der Waals surface area contributed by atoms with E-state index in [4.69, 9.17) is 11.6 Å². The summed E-state index contributed by atoms with van der Waals surface area (Å²) in [4.78, 5) is 26.4. The first-order valence-corrected chi connectivity index (χ1v) is 9.91. The van der Waals surface area contributed by atoms with Crippen molar-refractivity contribution < 1.29 is 9.59 Å². The predicted octanol–water partition coefficient (Wildman–Crippen LogP) is 3.74. The highest BCUT2D eigenvalue weighted by atomic mass is 35.5. The summed E-state index contributed by atoms with van der Waals surface area (Å²) >= 11 is 7.47. The first-order valence-electron chi connectivity index (χ1n) is 8.38. The van der Waals surface area contributed by atoms with E-state index in [0.717, 1.165) is 11.3 Å². The molecule has 138 valence electrons. The molecule has 0 aliphatic carbocycles. The van der Waals surface area contributed by atoms with Gasteiger partial charge in [0, 0.05) is 24.4 Å². The molecule has 0 unspecified atom stereocenters. The summed E-state index contributed by atoms with van der Waals surface area (Å²) in [5, 5.41) is 3.26. The van der Waals surface area contributed by atoms with Crippen LogP contribution in [0.3, 0.4) is 0 Å². The lowest BCUT2D eigenvalue weighted by atomic mass is 10.1. The number of carbonyl (C=O) groups is 2. The average Bonchev–Trinajstić information content (AvgIpc) is 2.67. The zero-order valence-electron chi connectivity index (χ0n) is 14.9. The maximum Gasteiger partial charge on any atom is 0.242 e. The van der Waals surface area contributed by atoms with Gasteiger partial charge in [-0.15, -0.1) is 11.8 Å². The summed E-state index contributed by atoms with van der Waals surface area (Å²) < 4.78 is 0. The fraction of sp³-hybridized carbons (Fsp3) is 0.300. The van der Waals surface area contributed by atoms with Gasteiger partial charge in [-0.3, -0.25) is 9.59 Å². The van der Waals surface area contributed by atoms with Crippen LogP contribution in [0, 0.1) is 0 Å². The molecule has 1 N–H and O–H groups in total. The van der Waals surface area contributed by atoms with Crippen molar-refractivity contribution in [3.05, 3.63) is 70.7 Å². The molecule has 0 bridgehead atoms. The molecule has 0 fully saturated rings. The van der Waals surface area contributed by atoms with Gasteiger partial charge < -0.3 is 10.2 Å². The average molecular weight is 391 g/mol. The zero-order chi connectivity index (χ0) is 18.9. The summed E-state index contributed by atoms with van der Waals surface area (Å²) in [6.45, 7) is 2.12. The predicted molar refractivity (Wildman–Crippen MR) is 108 cm³/mol. The van der Waals surface area contributed by atoms with Gasteiger partial charge in [0.25, 0.3) is 0 Å². The minimum atomic E-state index is -0.541. The van der Waals surface area contributed by atoms with E-state index in [1.165, 1.54) is 5.56 Å². The van der Waals surface area contributed by atoms with Crippen LogP contribution in [0.2, 0.25) is 5.02 Å². The van der Waals surface area contributed by atoms with Gasteiger partial charge in [-0.2, -0.15) is 0 Å². The van der Waals surface area contributed by atoms with E-state index in [0.29, 0.717) is 17.3 Å². The minimum Gasteiger partial charge on any atom is -0.357 e. The summed E-state index contributed by atoms with van der Waals surface area (Å²) in [5.41, 5.74) is 2.11. The van der Waals surface area contributed by atoms with Crippen molar-refractivity contribution >= 4 is 35.2 Å². The quantitative estimate of drug-likeness (QED) is 0.747. The molecule has 0 heterocycles. The van der Waals surface area contributed by atoms with E-state index >= 15 is 0 Å². The molecule has 2 amide bonds. The number of nitrogens with one attached hydrogen (secondary N) is 1. The summed E-state index contributed by atoms with van der Waals surface area (Å²) in [5.74, 6) is 0.844. The van der Waals surface area contributed by atoms with Crippen LogP contribution in [0.15, 0.2) is 54.6 Å². The molecule has 6 heteroatoms. The lowest BCUT2D eigenvalue weighted by molar-refractivity contribution is -0.138. The van der Waals surface area contributed by atoms with Crippen LogP contribution < -0.4 is 5.32 Å². The Morgan fingerprint density at radius 2 is 1.73 bits per heavy atom. The first kappa shape index (κ1) is 20.3. The smallest absolute Gasteiger partial charge is 0.242 e. The Balaban J connectivity index is 2.02. The lowest BCUT2D eigenvalue weighted by Gasteiger charge is -2.28. The molecule has 0 spiro atoms. The van der Waals surface area contributed by atoms with Crippen molar-refractivity contribution in [2.45, 2.75) is 25.3 Å². The highest BCUT2D eigenvalue weighted by Crippen LogP contribution is 2.17. The van der Waals surface area contributed by atoms with E-state index in [2.05, 4.69) is 5.32 Å². The molecule has 0 aliphatic heterocycles. The van der Waals surface area contributed by atoms with Gasteiger partial charge in [-0.25, -0.2) is 0 Å². The van der Waals surface area contributed by atoms with E-state index < -0.39 is 6.04 Å². The number of likely N-dealkylation sites (N-methyl/N-ethyl adjacent to an activating group) is 1. The fourth-order valence-corrected chi connectivity index (χ4v) is 3.49. The number of hydrogen-bond acceptors (Lipinski definition) is 3. The molecule has 2 rings (SSSR count). The van der Waals surface area contributed by atoms with E-state index in [-0.39, 0.29) is 11.8 Å². The second-order valence-electron chi connectivity index (χ2n) is 5.92. The second kappa shape index (κ2) is 10.2. The normalized spacial score (nSPS) is 11.7. The third-order valence-electron chi connectivity index (χ3n) is 4.02. The molecule has 0 radical (unpaired) electrons. The van der Waals surface area contributed by atoms with Crippen LogP contribution in [0.1, 0.15) is 18.1 Å². The van der Waals surface area contributed by atoms with Crippen molar-refractivity contribution in [3.8, 4) is 0 Å². The van der Waals surface area contributed by atoms with E-state index in [1.54, 1.807) is 42.8 Å². The fourth-order valence-electron chi connectivity index (χ4n) is 2.49. The third kappa shape index (κ3) is 6.07. The molecule has 0 aliphatic rings. The Hall–Kier alpha value is -1.98. The molecule has 0 aromatic heterocycles. The van der Waals surface area contributed by atoms with E-state index in [9.17, 15) is 9.59 Å². The Bertz CT molecular complexity index is 722. The van der Waals surface area contributed by atoms with Gasteiger partial charge in [-0.1, -0.05) is 54.1 Å². The summed E-state index contributed by atoms with van der Waals surface area (Å²) in [6, 6.07) is 16.8. The molecule has 4 nitrogen and oxygen atoms in total. The lowest BCUT2D eigenvalue weighted by Crippen LogP contribution is -2.47. The maximum absolute atomic E-state index is 12.8. The largest absolute Gasteiger partial charge is 0.357 e. The van der Waals surface area contributed by atoms with Gasteiger partial charge in [0.1, 0.15) is 6.04 Å². The van der Waals surface area contributed by atoms with Crippen LogP contribution >= 0.6 is 23.4 Å². The van der Waals surface area contributed by atoms with Gasteiger partial charge in [0.2, 0.25) is 11.8 Å². The SMILES string of the molecule is CNC(=O)[C@@H](C)N(Cc1ccc(Cl)cc1)C(=O)CSCc1ccccc1. The van der Waals surface area contributed by atoms with Crippen molar-refractivity contribution in [3.63, 3.8) is 0 Å². The van der Waals surface area contributed by atoms with Crippen LogP contribution in [-0.2, 0) is 21.9 Å². The van der Waals surface area contributed by atoms with Crippen molar-refractivity contribution in [2.75, 3.05) is 12.8 Å². The molecule has 0 saturated carbocycles. The third-order valence-corrected chi connectivity index (χ3v) is 5.26. The van der Waals surface area contributed by atoms with Crippen molar-refractivity contribution in [1.29, 1.82) is 0 Å². The molecule has 0 saturated heterocycles. The second-order valence-corrected chi connectivity index (χ2v) is 7.34. The number of nitrogens with zero attached hydrogens (tertiary/aromatic N) is 1. The maximum atomic E-state index is 12.8. The molecular weight excluding hydrogens is 368 g/mol.